The van der Waals surface area contributed by atoms with Crippen molar-refractivity contribution in [3.8, 4) is 23.0 Å². The van der Waals surface area contributed by atoms with E-state index in [2.05, 4.69) is 32.7 Å². The molecule has 0 spiro atoms. The van der Waals surface area contributed by atoms with Crippen LogP contribution in [0.5, 0.6) is 23.0 Å². The molecule has 0 fully saturated rings. The number of benzene rings is 4. The van der Waals surface area contributed by atoms with E-state index in [-0.39, 0.29) is 12.3 Å². The molecule has 12 nitrogen and oxygen atoms in total. The molecule has 2 atom stereocenters. The molecule has 2 unspecified atom stereocenters. The summed E-state index contributed by atoms with van der Waals surface area (Å²) in [6.07, 6.45) is 1.70. The predicted molar refractivity (Wildman–Crippen MR) is 210 cm³/mol. The van der Waals surface area contributed by atoms with Crippen molar-refractivity contribution >= 4 is 46.7 Å². The molecule has 0 saturated carbocycles. The Morgan fingerprint density at radius 3 is 1.48 bits per heavy atom. The molecule has 4 rings (SSSR count). The highest BCUT2D eigenvalue weighted by Gasteiger charge is 2.26. The number of carbonyl (C=O) groups excluding carboxylic acids is 2. The zero-order valence-corrected chi connectivity index (χ0v) is 32.8. The fraction of sp³-hybridized carbons (Fsp3) is 0.282. The molecule has 0 N–H and O–H groups in total. The molecule has 4 aromatic rings. The van der Waals surface area contributed by atoms with Crippen molar-refractivity contribution < 1.29 is 42.8 Å². The maximum Gasteiger partial charge on any atom is 0.302 e. The van der Waals surface area contributed by atoms with Gasteiger partial charge in [-0.2, -0.15) is 5.10 Å². The van der Waals surface area contributed by atoms with Gasteiger partial charge in [-0.25, -0.2) is 0 Å². The molecular weight excluding hydrogens is 781 g/mol. The lowest BCUT2D eigenvalue weighted by Gasteiger charge is -2.20. The fourth-order valence-corrected chi connectivity index (χ4v) is 4.69. The topological polar surface area (TPSA) is 127 Å². The Morgan fingerprint density at radius 2 is 1.06 bits per heavy atom. The van der Waals surface area contributed by atoms with Gasteiger partial charge in [0.25, 0.3) is 0 Å². The van der Waals surface area contributed by atoms with E-state index in [9.17, 15) is 9.59 Å². The number of hydrogen-bond acceptors (Lipinski definition) is 11. The van der Waals surface area contributed by atoms with Crippen LogP contribution in [0, 0.1) is 0 Å². The van der Waals surface area contributed by atoms with Crippen LogP contribution in [0.25, 0.3) is 0 Å². The van der Waals surface area contributed by atoms with Crippen molar-refractivity contribution in [2.24, 2.45) is 10.1 Å². The van der Waals surface area contributed by atoms with Crippen LogP contribution in [0.2, 0.25) is 0 Å². The number of ketones is 1. The van der Waals surface area contributed by atoms with Crippen molar-refractivity contribution in [1.29, 1.82) is 0 Å². The average molecular weight is 828 g/mol. The van der Waals surface area contributed by atoms with Gasteiger partial charge >= 0.3 is 5.91 Å². The number of amides is 1. The number of hydrazone groups is 1. The maximum absolute atomic E-state index is 12.7. The Labute approximate surface area is 319 Å². The fourth-order valence-electron chi connectivity index (χ4n) is 4.69. The lowest BCUT2D eigenvalue weighted by molar-refractivity contribution is -0.187. The average Bonchev–Trinajstić information content (AvgIpc) is 3.20. The van der Waals surface area contributed by atoms with Crippen LogP contribution in [0.3, 0.4) is 0 Å². The summed E-state index contributed by atoms with van der Waals surface area (Å²) in [6.45, 7) is 0.0434. The van der Waals surface area contributed by atoms with Gasteiger partial charge in [-0.1, -0.05) is 88.4 Å². The molecule has 0 aliphatic carbocycles. The first-order valence-electron chi connectivity index (χ1n) is 15.8. The van der Waals surface area contributed by atoms with Crippen LogP contribution in [-0.4, -0.2) is 90.5 Å². The van der Waals surface area contributed by atoms with Gasteiger partial charge in [0.1, 0.15) is 12.6 Å². The molecule has 52 heavy (non-hydrogen) atoms. The monoisotopic (exact) mass is 827 g/mol. The van der Waals surface area contributed by atoms with Crippen LogP contribution >= 0.6 is 22.6 Å². The van der Waals surface area contributed by atoms with Gasteiger partial charge in [-0.05, 0) is 63.6 Å². The summed E-state index contributed by atoms with van der Waals surface area (Å²) in [5.41, 5.74) is 3.08. The highest BCUT2D eigenvalue weighted by Crippen LogP contribution is 2.28. The number of methoxy groups -OCH3 is 6. The molecule has 0 aliphatic rings. The Hall–Kier alpha value is -4.83. The van der Waals surface area contributed by atoms with Crippen molar-refractivity contribution in [2.75, 3.05) is 61.2 Å². The summed E-state index contributed by atoms with van der Waals surface area (Å²) >= 11 is 2.15. The van der Waals surface area contributed by atoms with Crippen LogP contribution in [-0.2, 0) is 23.9 Å². The number of aliphatic imine (C=N–C) groups is 1. The molecule has 278 valence electrons. The number of carbonyl (C=O) groups is 2. The van der Waals surface area contributed by atoms with Crippen molar-refractivity contribution in [1.82, 2.24) is 5.17 Å². The summed E-state index contributed by atoms with van der Waals surface area (Å²) in [7, 11) is 10.6. The maximum atomic E-state index is 12.7. The lowest BCUT2D eigenvalue weighted by Crippen LogP contribution is -2.31. The second kappa shape index (κ2) is 24.4. The van der Waals surface area contributed by atoms with Crippen LogP contribution in [0.1, 0.15) is 34.5 Å². The normalized spacial score (nSPS) is 11.7. The summed E-state index contributed by atoms with van der Waals surface area (Å²) < 4.78 is 31.5. The molecule has 0 radical (unpaired) electrons. The molecule has 0 aromatic heterocycles. The number of nitrogens with zero attached hydrogens (tertiary/aromatic N) is 3. The second-order valence-electron chi connectivity index (χ2n) is 10.3. The molecule has 13 heteroatoms. The number of hydroxylamine groups is 1. The van der Waals surface area contributed by atoms with Gasteiger partial charge < -0.3 is 28.4 Å². The quantitative estimate of drug-likeness (QED) is 0.0511. The zero-order valence-electron chi connectivity index (χ0n) is 30.6. The van der Waals surface area contributed by atoms with Crippen molar-refractivity contribution in [2.45, 2.75) is 12.2 Å². The minimum Gasteiger partial charge on any atom is -0.493 e. The first-order chi connectivity index (χ1) is 25.3. The number of hydrogen-bond donors (Lipinski definition) is 0. The molecule has 1 amide bonds. The van der Waals surface area contributed by atoms with E-state index in [0.717, 1.165) is 16.3 Å². The van der Waals surface area contributed by atoms with E-state index in [0.29, 0.717) is 34.1 Å². The van der Waals surface area contributed by atoms with Crippen LogP contribution < -0.4 is 18.9 Å². The van der Waals surface area contributed by atoms with Crippen LogP contribution in [0.4, 0.5) is 0 Å². The largest absolute Gasteiger partial charge is 0.493 e. The van der Waals surface area contributed by atoms with E-state index in [1.54, 1.807) is 77.1 Å². The van der Waals surface area contributed by atoms with E-state index in [4.69, 9.17) is 33.3 Å². The molecule has 0 bridgehead atoms. The zero-order chi connectivity index (χ0) is 38.3. The Bertz CT molecular complexity index is 1710. The summed E-state index contributed by atoms with van der Waals surface area (Å²) in [5, 5.41) is 4.98. The smallest absolute Gasteiger partial charge is 0.302 e. The Balaban J connectivity index is 0.000000345. The highest BCUT2D eigenvalue weighted by molar-refractivity contribution is 14.1. The van der Waals surface area contributed by atoms with Gasteiger partial charge in [0.15, 0.2) is 34.9 Å². The third-order valence-electron chi connectivity index (χ3n) is 7.17. The van der Waals surface area contributed by atoms with Crippen LogP contribution in [0.15, 0.2) is 107 Å². The first kappa shape index (κ1) is 43.3. The van der Waals surface area contributed by atoms with Gasteiger partial charge in [0.2, 0.25) is 0 Å². The number of ether oxygens (including phenoxy) is 6. The number of Topliss-reactive ketones (excluding diaryl/α,β-unsaturated/α-hetero) is 1. The van der Waals surface area contributed by atoms with Gasteiger partial charge in [-0.3, -0.25) is 19.4 Å². The minimum atomic E-state index is -0.821. The van der Waals surface area contributed by atoms with Gasteiger partial charge in [-0.15, -0.1) is 0 Å². The third kappa shape index (κ3) is 13.1. The first-order valence-corrected chi connectivity index (χ1v) is 17.9. The Kier molecular flexibility index (Phi) is 20.3. The van der Waals surface area contributed by atoms with Crippen molar-refractivity contribution in [3.63, 3.8) is 0 Å². The molecular formula is C39H46IN3O9. The molecule has 4 aromatic carbocycles. The molecule has 0 aliphatic heterocycles. The summed E-state index contributed by atoms with van der Waals surface area (Å²) in [4.78, 5) is 36.2. The summed E-state index contributed by atoms with van der Waals surface area (Å²) in [5.74, 6) is 1.89. The second-order valence-corrected chi connectivity index (χ2v) is 10.3. The predicted octanol–water partition coefficient (Wildman–Crippen LogP) is 6.95. The summed E-state index contributed by atoms with van der Waals surface area (Å²) in [6, 6.07) is 29.2. The molecule has 0 heterocycles. The van der Waals surface area contributed by atoms with Gasteiger partial charge in [0, 0.05) is 20.4 Å². The number of alkyl halides is 1. The van der Waals surface area contributed by atoms with Gasteiger partial charge in [0.05, 0.1) is 41.8 Å². The standard InChI is InChI=1S/C19H22N2O5.C19H21NO4.CH3I/c1-23-16-11-10-14(12-17(16)24-2)13-20-21(26-4)19(22)18(25-3)15-8-6-5-7-9-15;1-22-17-10-9-14(11-18(17)23-2)12-20-13-16(21)19(24-3)15-7-5-4-6-8-15;1-2/h5-13,18H,1-4H3;4-12,19H,13H2,1-3H3;1H3/b20-13+;;. The van der Waals surface area contributed by atoms with Crippen molar-refractivity contribution in [3.05, 3.63) is 119 Å². The molecule has 0 saturated heterocycles. The minimum absolute atomic E-state index is 0.0434. The Morgan fingerprint density at radius 1 is 0.615 bits per heavy atom. The van der Waals surface area contributed by atoms with E-state index < -0.39 is 18.1 Å². The lowest BCUT2D eigenvalue weighted by atomic mass is 10.1. The van der Waals surface area contributed by atoms with E-state index in [1.165, 1.54) is 27.5 Å². The highest BCUT2D eigenvalue weighted by atomic mass is 127. The number of halogens is 1. The van der Waals surface area contributed by atoms with E-state index in [1.807, 2.05) is 59.5 Å². The van der Waals surface area contributed by atoms with E-state index >= 15 is 0 Å². The SMILES string of the molecule is CI.COc1ccc(/C=N/N(OC)C(=O)C(OC)c2ccccc2)cc1OC.COc1ccc(C=NCC(=O)C(OC)c2ccccc2)cc1OC. The third-order valence-corrected chi connectivity index (χ3v) is 7.17. The number of rotatable bonds is 16.